The smallest absolute Gasteiger partial charge is 0.338 e. The average Bonchev–Trinajstić information content (AvgIpc) is 3.19. The molecular weight excluding hydrogens is 260 g/mol. The number of carbonyl (C=O) groups excluding carboxylic acids is 1. The summed E-state index contributed by atoms with van der Waals surface area (Å²) >= 11 is 0. The van der Waals surface area contributed by atoms with Crippen LogP contribution in [-0.4, -0.2) is 35.1 Å². The molecule has 0 N–H and O–H groups in total. The van der Waals surface area contributed by atoms with Crippen LogP contribution in [0.3, 0.4) is 0 Å². The van der Waals surface area contributed by atoms with Gasteiger partial charge < -0.3 is 9.47 Å². The van der Waals surface area contributed by atoms with E-state index < -0.39 is 27.2 Å². The van der Waals surface area contributed by atoms with Crippen LogP contribution in [0, 0.1) is 20.2 Å². The molecule has 1 aromatic carbocycles. The number of non-ortho nitro benzene ring substituents is 2. The third kappa shape index (κ3) is 3.22. The van der Waals surface area contributed by atoms with Crippen molar-refractivity contribution in [1.29, 1.82) is 0 Å². The molecule has 0 unspecified atom stereocenters. The molecule has 1 atom stereocenters. The van der Waals surface area contributed by atoms with E-state index >= 15 is 0 Å². The quantitative estimate of drug-likeness (QED) is 0.338. The first-order chi connectivity index (χ1) is 8.97. The second kappa shape index (κ2) is 4.98. The predicted octanol–water partition coefficient (Wildman–Crippen LogP) is 1.06. The van der Waals surface area contributed by atoms with E-state index in [-0.39, 0.29) is 18.3 Å². The third-order valence-electron chi connectivity index (χ3n) is 2.36. The topological polar surface area (TPSA) is 125 Å². The van der Waals surface area contributed by atoms with Crippen LogP contribution in [0.15, 0.2) is 18.2 Å². The van der Waals surface area contributed by atoms with Crippen molar-refractivity contribution < 1.29 is 24.1 Å². The van der Waals surface area contributed by atoms with Gasteiger partial charge in [-0.3, -0.25) is 20.2 Å². The van der Waals surface area contributed by atoms with Gasteiger partial charge in [0.2, 0.25) is 0 Å². The van der Waals surface area contributed by atoms with Gasteiger partial charge in [-0.15, -0.1) is 0 Å². The van der Waals surface area contributed by atoms with Gasteiger partial charge in [0.1, 0.15) is 12.7 Å². The van der Waals surface area contributed by atoms with Crippen LogP contribution in [0.4, 0.5) is 11.4 Å². The first-order valence-electron chi connectivity index (χ1n) is 5.20. The third-order valence-corrected chi connectivity index (χ3v) is 2.36. The molecule has 1 heterocycles. The minimum atomic E-state index is -0.859. The summed E-state index contributed by atoms with van der Waals surface area (Å²) < 4.78 is 9.64. The summed E-state index contributed by atoms with van der Waals surface area (Å²) in [4.78, 5) is 31.3. The molecule has 0 saturated carbocycles. The lowest BCUT2D eigenvalue weighted by Crippen LogP contribution is -2.10. The molecule has 1 aliphatic rings. The van der Waals surface area contributed by atoms with Gasteiger partial charge in [-0.05, 0) is 0 Å². The largest absolute Gasteiger partial charge is 0.459 e. The lowest BCUT2D eigenvalue weighted by atomic mass is 10.2. The van der Waals surface area contributed by atoms with E-state index in [1.807, 2.05) is 0 Å². The fourth-order valence-corrected chi connectivity index (χ4v) is 1.34. The first-order valence-corrected chi connectivity index (χ1v) is 5.20. The zero-order chi connectivity index (χ0) is 14.0. The summed E-state index contributed by atoms with van der Waals surface area (Å²) in [6.45, 7) is 0.512. The molecule has 1 saturated heterocycles. The minimum absolute atomic E-state index is 0.0231. The SMILES string of the molecule is O=C(OC[C@@H]1CO1)c1cc([N+](=O)[O-])cc([N+](=O)[O-])c1. The average molecular weight is 268 g/mol. The number of carbonyl (C=O) groups is 1. The number of hydrogen-bond donors (Lipinski definition) is 0. The van der Waals surface area contributed by atoms with Gasteiger partial charge in [0.15, 0.2) is 0 Å². The number of nitrogens with zero attached hydrogens (tertiary/aromatic N) is 2. The molecule has 0 aromatic heterocycles. The van der Waals surface area contributed by atoms with E-state index in [4.69, 9.17) is 9.47 Å². The number of hydrogen-bond acceptors (Lipinski definition) is 7. The number of esters is 1. The number of epoxide rings is 1. The van der Waals surface area contributed by atoms with Gasteiger partial charge in [-0.2, -0.15) is 0 Å². The molecule has 9 heteroatoms. The molecule has 0 radical (unpaired) electrons. The first kappa shape index (κ1) is 12.9. The maximum atomic E-state index is 11.6. The highest BCUT2D eigenvalue weighted by Gasteiger charge is 2.26. The summed E-state index contributed by atoms with van der Waals surface area (Å²) in [5.41, 5.74) is -1.31. The van der Waals surface area contributed by atoms with Crippen LogP contribution in [0.2, 0.25) is 0 Å². The fourth-order valence-electron chi connectivity index (χ4n) is 1.34. The van der Waals surface area contributed by atoms with Gasteiger partial charge in [-0.1, -0.05) is 0 Å². The zero-order valence-corrected chi connectivity index (χ0v) is 9.48. The number of nitro groups is 2. The summed E-state index contributed by atoms with van der Waals surface area (Å²) in [6, 6.07) is 2.65. The van der Waals surface area contributed by atoms with Gasteiger partial charge in [-0.25, -0.2) is 4.79 Å². The van der Waals surface area contributed by atoms with Gasteiger partial charge in [0.25, 0.3) is 11.4 Å². The van der Waals surface area contributed by atoms with Gasteiger partial charge in [0, 0.05) is 12.1 Å². The number of nitro benzene ring substituents is 2. The van der Waals surface area contributed by atoms with Crippen LogP contribution in [-0.2, 0) is 9.47 Å². The molecule has 2 rings (SSSR count). The van der Waals surface area contributed by atoms with E-state index in [9.17, 15) is 25.0 Å². The second-order valence-electron chi connectivity index (χ2n) is 3.81. The standard InChI is InChI=1S/C10H8N2O7/c13-10(19-5-9-4-18-9)6-1-7(11(14)15)3-8(2-6)12(16)17/h1-3,9H,4-5H2/t9-/m0/s1. The van der Waals surface area contributed by atoms with Crippen molar-refractivity contribution >= 4 is 17.3 Å². The Balaban J connectivity index is 2.23. The lowest BCUT2D eigenvalue weighted by molar-refractivity contribution is -0.394. The highest BCUT2D eigenvalue weighted by Crippen LogP contribution is 2.23. The Morgan fingerprint density at radius 2 is 1.79 bits per heavy atom. The van der Waals surface area contributed by atoms with Crippen molar-refractivity contribution in [2.24, 2.45) is 0 Å². The van der Waals surface area contributed by atoms with E-state index in [1.54, 1.807) is 0 Å². The maximum Gasteiger partial charge on any atom is 0.338 e. The van der Waals surface area contributed by atoms with Crippen LogP contribution in [0.1, 0.15) is 10.4 Å². The van der Waals surface area contributed by atoms with Crippen molar-refractivity contribution in [2.75, 3.05) is 13.2 Å². The number of benzene rings is 1. The van der Waals surface area contributed by atoms with Crippen LogP contribution in [0.5, 0.6) is 0 Å². The monoisotopic (exact) mass is 268 g/mol. The Hall–Kier alpha value is -2.55. The van der Waals surface area contributed by atoms with Gasteiger partial charge in [0.05, 0.1) is 28.1 Å². The summed E-state index contributed by atoms with van der Waals surface area (Å²) in [6.07, 6.45) is -0.155. The van der Waals surface area contributed by atoms with Gasteiger partial charge >= 0.3 is 5.97 Å². The van der Waals surface area contributed by atoms with Crippen LogP contribution < -0.4 is 0 Å². The molecule has 9 nitrogen and oxygen atoms in total. The van der Waals surface area contributed by atoms with Crippen molar-refractivity contribution in [1.82, 2.24) is 0 Å². The zero-order valence-electron chi connectivity index (χ0n) is 9.48. The maximum absolute atomic E-state index is 11.6. The molecule has 0 bridgehead atoms. The van der Waals surface area contributed by atoms with Crippen molar-refractivity contribution in [3.8, 4) is 0 Å². The normalized spacial score (nSPS) is 16.7. The number of rotatable bonds is 5. The van der Waals surface area contributed by atoms with E-state index in [0.29, 0.717) is 6.61 Å². The molecule has 0 spiro atoms. The Labute approximate surface area is 106 Å². The van der Waals surface area contributed by atoms with Crippen molar-refractivity contribution in [3.05, 3.63) is 44.0 Å². The predicted molar refractivity (Wildman–Crippen MR) is 59.8 cm³/mol. The Morgan fingerprint density at radius 3 is 2.21 bits per heavy atom. The minimum Gasteiger partial charge on any atom is -0.459 e. The molecule has 19 heavy (non-hydrogen) atoms. The van der Waals surface area contributed by atoms with E-state index in [0.717, 1.165) is 18.2 Å². The Morgan fingerprint density at radius 1 is 1.26 bits per heavy atom. The molecular formula is C10H8N2O7. The molecule has 0 aliphatic carbocycles. The van der Waals surface area contributed by atoms with E-state index in [2.05, 4.69) is 0 Å². The molecule has 0 amide bonds. The molecule has 1 aliphatic heterocycles. The van der Waals surface area contributed by atoms with E-state index in [1.165, 1.54) is 0 Å². The highest BCUT2D eigenvalue weighted by molar-refractivity contribution is 5.91. The van der Waals surface area contributed by atoms with Crippen molar-refractivity contribution in [2.45, 2.75) is 6.10 Å². The highest BCUT2D eigenvalue weighted by atomic mass is 16.6. The Bertz CT molecular complexity index is 521. The summed E-state index contributed by atoms with van der Waals surface area (Å²) in [7, 11) is 0. The molecule has 1 aromatic rings. The second-order valence-corrected chi connectivity index (χ2v) is 3.81. The van der Waals surface area contributed by atoms with Crippen molar-refractivity contribution in [3.63, 3.8) is 0 Å². The molecule has 100 valence electrons. The number of ether oxygens (including phenoxy) is 2. The fraction of sp³-hybridized carbons (Fsp3) is 0.300. The lowest BCUT2D eigenvalue weighted by Gasteiger charge is -2.02. The summed E-state index contributed by atoms with van der Waals surface area (Å²) in [5, 5.41) is 21.3. The Kier molecular flexibility index (Phi) is 3.38. The van der Waals surface area contributed by atoms with Crippen LogP contribution in [0.25, 0.3) is 0 Å². The molecule has 1 fully saturated rings. The van der Waals surface area contributed by atoms with Crippen LogP contribution >= 0.6 is 0 Å². The summed E-state index contributed by atoms with van der Waals surface area (Å²) in [5.74, 6) is -0.859.